The van der Waals surface area contributed by atoms with Crippen molar-refractivity contribution in [3.05, 3.63) is 12.3 Å². The molecule has 0 amide bonds. The standard InChI is InChI=1S/C9H14O3/c1-4-12-8(3)9(6-10)5-7(2)11/h6,9H,3-5H2,1-2H3. The minimum Gasteiger partial charge on any atom is -0.498 e. The molecular weight excluding hydrogens is 156 g/mol. The van der Waals surface area contributed by atoms with Gasteiger partial charge in [-0.3, -0.25) is 4.79 Å². The number of carbonyl (C=O) groups excluding carboxylic acids is 2. The minimum atomic E-state index is -0.484. The van der Waals surface area contributed by atoms with Gasteiger partial charge in [0.2, 0.25) is 0 Å². The zero-order chi connectivity index (χ0) is 9.56. The third kappa shape index (κ3) is 3.91. The van der Waals surface area contributed by atoms with E-state index in [0.717, 1.165) is 0 Å². The second kappa shape index (κ2) is 5.52. The van der Waals surface area contributed by atoms with Crippen LogP contribution < -0.4 is 0 Å². The third-order valence-electron chi connectivity index (χ3n) is 1.41. The van der Waals surface area contributed by atoms with E-state index in [9.17, 15) is 9.59 Å². The maximum Gasteiger partial charge on any atom is 0.131 e. The topological polar surface area (TPSA) is 43.4 Å². The van der Waals surface area contributed by atoms with Crippen LogP contribution in [-0.2, 0) is 14.3 Å². The van der Waals surface area contributed by atoms with Crippen molar-refractivity contribution >= 4 is 12.1 Å². The molecule has 68 valence electrons. The van der Waals surface area contributed by atoms with Gasteiger partial charge in [0, 0.05) is 6.42 Å². The summed E-state index contributed by atoms with van der Waals surface area (Å²) in [5.41, 5.74) is 0. The molecule has 0 aliphatic rings. The molecule has 0 radical (unpaired) electrons. The van der Waals surface area contributed by atoms with Gasteiger partial charge in [0.15, 0.2) is 0 Å². The number of hydrogen-bond acceptors (Lipinski definition) is 3. The Morgan fingerprint density at radius 3 is 2.58 bits per heavy atom. The van der Waals surface area contributed by atoms with Gasteiger partial charge in [-0.05, 0) is 13.8 Å². The molecule has 0 aliphatic heterocycles. The summed E-state index contributed by atoms with van der Waals surface area (Å²) >= 11 is 0. The van der Waals surface area contributed by atoms with Crippen molar-refractivity contribution in [1.29, 1.82) is 0 Å². The number of ether oxygens (including phenoxy) is 1. The van der Waals surface area contributed by atoms with Gasteiger partial charge in [-0.1, -0.05) is 6.58 Å². The van der Waals surface area contributed by atoms with Crippen LogP contribution >= 0.6 is 0 Å². The molecule has 12 heavy (non-hydrogen) atoms. The first kappa shape index (κ1) is 10.9. The SMILES string of the molecule is C=C(OCC)C(C=O)CC(C)=O. The molecule has 1 atom stereocenters. The van der Waals surface area contributed by atoms with Crippen LogP contribution in [0.1, 0.15) is 20.3 Å². The van der Waals surface area contributed by atoms with E-state index in [0.29, 0.717) is 18.7 Å². The molecule has 1 unspecified atom stereocenters. The number of aldehydes is 1. The van der Waals surface area contributed by atoms with Crippen molar-refractivity contribution in [2.45, 2.75) is 20.3 Å². The molecule has 0 aliphatic carbocycles. The van der Waals surface area contributed by atoms with Gasteiger partial charge in [0.25, 0.3) is 0 Å². The highest BCUT2D eigenvalue weighted by Gasteiger charge is 2.14. The molecule has 0 aromatic rings. The van der Waals surface area contributed by atoms with Crippen LogP contribution in [-0.4, -0.2) is 18.7 Å². The van der Waals surface area contributed by atoms with Crippen LogP contribution in [0.4, 0.5) is 0 Å². The lowest BCUT2D eigenvalue weighted by Crippen LogP contribution is -2.11. The molecule has 0 saturated heterocycles. The summed E-state index contributed by atoms with van der Waals surface area (Å²) in [6, 6.07) is 0. The van der Waals surface area contributed by atoms with E-state index < -0.39 is 5.92 Å². The highest BCUT2D eigenvalue weighted by molar-refractivity contribution is 5.79. The van der Waals surface area contributed by atoms with Crippen LogP contribution in [0.5, 0.6) is 0 Å². The number of ketones is 1. The average molecular weight is 170 g/mol. The summed E-state index contributed by atoms with van der Waals surface area (Å²) in [6.07, 6.45) is 0.877. The molecule has 3 heteroatoms. The number of rotatable bonds is 6. The zero-order valence-corrected chi connectivity index (χ0v) is 7.50. The van der Waals surface area contributed by atoms with Gasteiger partial charge >= 0.3 is 0 Å². The summed E-state index contributed by atoms with van der Waals surface area (Å²) in [4.78, 5) is 21.1. The Hall–Kier alpha value is -1.12. The first-order valence-corrected chi connectivity index (χ1v) is 3.88. The van der Waals surface area contributed by atoms with Crippen molar-refractivity contribution in [1.82, 2.24) is 0 Å². The van der Waals surface area contributed by atoms with Crippen LogP contribution in [0.2, 0.25) is 0 Å². The lowest BCUT2D eigenvalue weighted by Gasteiger charge is -2.11. The second-order valence-corrected chi connectivity index (χ2v) is 2.55. The van der Waals surface area contributed by atoms with E-state index in [1.165, 1.54) is 6.92 Å². The summed E-state index contributed by atoms with van der Waals surface area (Å²) in [6.45, 7) is 7.28. The predicted octanol–water partition coefficient (Wildman–Crippen LogP) is 1.33. The Labute approximate surface area is 72.4 Å². The molecule has 0 bridgehead atoms. The van der Waals surface area contributed by atoms with Crippen molar-refractivity contribution in [2.75, 3.05) is 6.61 Å². The highest BCUT2D eigenvalue weighted by Crippen LogP contribution is 2.12. The number of Topliss-reactive ketones (excluding diaryl/α,β-unsaturated/α-hetero) is 1. The van der Waals surface area contributed by atoms with E-state index in [2.05, 4.69) is 6.58 Å². The van der Waals surface area contributed by atoms with E-state index >= 15 is 0 Å². The minimum absolute atomic E-state index is 0.0343. The molecule has 0 aromatic heterocycles. The van der Waals surface area contributed by atoms with Crippen molar-refractivity contribution in [3.8, 4) is 0 Å². The van der Waals surface area contributed by atoms with Crippen LogP contribution in [0, 0.1) is 5.92 Å². The van der Waals surface area contributed by atoms with Crippen LogP contribution in [0.25, 0.3) is 0 Å². The second-order valence-electron chi connectivity index (χ2n) is 2.55. The molecule has 0 rings (SSSR count). The average Bonchev–Trinajstić information content (AvgIpc) is 2.00. The fraction of sp³-hybridized carbons (Fsp3) is 0.556. The molecule has 0 fully saturated rings. The van der Waals surface area contributed by atoms with Crippen LogP contribution in [0.3, 0.4) is 0 Å². The molecule has 0 heterocycles. The largest absolute Gasteiger partial charge is 0.498 e. The predicted molar refractivity (Wildman–Crippen MR) is 45.6 cm³/mol. The summed E-state index contributed by atoms with van der Waals surface area (Å²) < 4.78 is 5.02. The molecule has 3 nitrogen and oxygen atoms in total. The first-order valence-electron chi connectivity index (χ1n) is 3.88. The van der Waals surface area contributed by atoms with Gasteiger partial charge < -0.3 is 9.53 Å². The summed E-state index contributed by atoms with van der Waals surface area (Å²) in [7, 11) is 0. The third-order valence-corrected chi connectivity index (χ3v) is 1.41. The van der Waals surface area contributed by atoms with Gasteiger partial charge in [-0.15, -0.1) is 0 Å². The van der Waals surface area contributed by atoms with Gasteiger partial charge in [0.1, 0.15) is 12.1 Å². The molecule has 0 aromatic carbocycles. The Bertz CT molecular complexity index is 184. The number of allylic oxidation sites excluding steroid dienone is 1. The smallest absolute Gasteiger partial charge is 0.131 e. The van der Waals surface area contributed by atoms with E-state index in [1.54, 1.807) is 6.92 Å². The van der Waals surface area contributed by atoms with Crippen molar-refractivity contribution < 1.29 is 14.3 Å². The van der Waals surface area contributed by atoms with Gasteiger partial charge in [-0.25, -0.2) is 0 Å². The Kier molecular flexibility index (Phi) is 5.00. The maximum absolute atomic E-state index is 10.7. The molecule has 0 spiro atoms. The summed E-state index contributed by atoms with van der Waals surface area (Å²) in [5.74, 6) is -0.141. The van der Waals surface area contributed by atoms with Gasteiger partial charge in [-0.2, -0.15) is 0 Å². The van der Waals surface area contributed by atoms with Gasteiger partial charge in [0.05, 0.1) is 18.3 Å². The van der Waals surface area contributed by atoms with Crippen molar-refractivity contribution in [2.24, 2.45) is 5.92 Å². The molecule has 0 N–H and O–H groups in total. The zero-order valence-electron chi connectivity index (χ0n) is 7.50. The quantitative estimate of drug-likeness (QED) is 0.446. The summed E-state index contributed by atoms with van der Waals surface area (Å²) in [5, 5.41) is 0. The highest BCUT2D eigenvalue weighted by atomic mass is 16.5. The van der Waals surface area contributed by atoms with Crippen LogP contribution in [0.15, 0.2) is 12.3 Å². The Balaban J connectivity index is 4.05. The normalized spacial score (nSPS) is 11.8. The monoisotopic (exact) mass is 170 g/mol. The Morgan fingerprint density at radius 1 is 1.67 bits per heavy atom. The number of hydrogen-bond donors (Lipinski definition) is 0. The number of carbonyl (C=O) groups is 2. The first-order chi connectivity index (χ1) is 5.61. The molecular formula is C9H14O3. The maximum atomic E-state index is 10.7. The lowest BCUT2D eigenvalue weighted by molar-refractivity contribution is -0.121. The van der Waals surface area contributed by atoms with E-state index in [-0.39, 0.29) is 12.2 Å². The molecule has 0 saturated carbocycles. The Morgan fingerprint density at radius 2 is 2.25 bits per heavy atom. The fourth-order valence-electron chi connectivity index (χ4n) is 0.840. The fourth-order valence-corrected chi connectivity index (χ4v) is 0.840. The van der Waals surface area contributed by atoms with E-state index in [1.807, 2.05) is 0 Å². The van der Waals surface area contributed by atoms with E-state index in [4.69, 9.17) is 4.74 Å². The lowest BCUT2D eigenvalue weighted by atomic mass is 10.0. The van der Waals surface area contributed by atoms with Crippen molar-refractivity contribution in [3.63, 3.8) is 0 Å².